The predicted molar refractivity (Wildman–Crippen MR) is 97.0 cm³/mol. The Hall–Kier alpha value is -2.61. The number of carboxylic acids is 1. The van der Waals surface area contributed by atoms with Crippen LogP contribution >= 0.6 is 0 Å². The molecule has 0 spiro atoms. The second-order valence-electron chi connectivity index (χ2n) is 7.40. The van der Waals surface area contributed by atoms with Crippen LogP contribution in [0, 0.1) is 0 Å². The number of nitrogens with zero attached hydrogens (tertiary/aromatic N) is 1. The van der Waals surface area contributed by atoms with Crippen molar-refractivity contribution in [2.45, 2.75) is 51.5 Å². The number of aliphatic carboxylic acids is 1. The van der Waals surface area contributed by atoms with Crippen molar-refractivity contribution in [3.8, 4) is 0 Å². The zero-order valence-electron chi connectivity index (χ0n) is 15.8. The van der Waals surface area contributed by atoms with Gasteiger partial charge in [-0.15, -0.1) is 0 Å². The standard InChI is InChI=1S/C19H26N2O6/c1-19(2,3)27-18(25)20-14(17(23)24)11-21-10-9-15(16(21)22)26-12-13-7-5-4-6-8-13/h4-8,14-15H,9-12H2,1-3H3,(H,20,25)(H,23,24)/t14?,15-/m0/s1. The van der Waals surface area contributed by atoms with E-state index < -0.39 is 29.8 Å². The predicted octanol–water partition coefficient (Wildman–Crippen LogP) is 1.78. The Labute approximate surface area is 158 Å². The zero-order chi connectivity index (χ0) is 20.0. The van der Waals surface area contributed by atoms with E-state index in [4.69, 9.17) is 9.47 Å². The van der Waals surface area contributed by atoms with Crippen molar-refractivity contribution < 1.29 is 29.0 Å². The molecule has 0 saturated carbocycles. The molecule has 2 N–H and O–H groups in total. The molecule has 2 atom stereocenters. The Bertz CT molecular complexity index is 671. The van der Waals surface area contributed by atoms with Crippen molar-refractivity contribution in [3.63, 3.8) is 0 Å². The minimum absolute atomic E-state index is 0.140. The van der Waals surface area contributed by atoms with Gasteiger partial charge in [0.25, 0.3) is 5.91 Å². The number of alkyl carbamates (subject to hydrolysis) is 1. The van der Waals surface area contributed by atoms with E-state index >= 15 is 0 Å². The monoisotopic (exact) mass is 378 g/mol. The molecule has 1 heterocycles. The number of hydrogen-bond acceptors (Lipinski definition) is 5. The SMILES string of the molecule is CC(C)(C)OC(=O)NC(CN1CC[C@H](OCc2ccccc2)C1=O)C(=O)O. The Morgan fingerprint density at radius 2 is 1.96 bits per heavy atom. The fourth-order valence-electron chi connectivity index (χ4n) is 2.67. The van der Waals surface area contributed by atoms with Crippen molar-refractivity contribution in [1.82, 2.24) is 10.2 Å². The molecule has 1 aliphatic rings. The molecule has 2 rings (SSSR count). The Kier molecular flexibility index (Phi) is 6.79. The molecule has 27 heavy (non-hydrogen) atoms. The van der Waals surface area contributed by atoms with Gasteiger partial charge in [-0.05, 0) is 26.3 Å². The molecule has 0 bridgehead atoms. The number of benzene rings is 1. The number of carbonyl (C=O) groups excluding carboxylic acids is 2. The molecule has 1 aromatic carbocycles. The van der Waals surface area contributed by atoms with Crippen LogP contribution in [0.1, 0.15) is 32.8 Å². The van der Waals surface area contributed by atoms with Gasteiger partial charge in [-0.25, -0.2) is 9.59 Å². The van der Waals surface area contributed by atoms with Crippen LogP contribution in [0.25, 0.3) is 0 Å². The lowest BCUT2D eigenvalue weighted by Crippen LogP contribution is -2.50. The van der Waals surface area contributed by atoms with E-state index in [1.807, 2.05) is 30.3 Å². The minimum atomic E-state index is -1.25. The third-order valence-electron chi connectivity index (χ3n) is 3.93. The van der Waals surface area contributed by atoms with Crippen LogP contribution in [0.5, 0.6) is 0 Å². The van der Waals surface area contributed by atoms with Crippen LogP contribution in [-0.2, 0) is 25.7 Å². The van der Waals surface area contributed by atoms with Gasteiger partial charge in [0.15, 0.2) is 0 Å². The van der Waals surface area contributed by atoms with Crippen LogP contribution in [0.15, 0.2) is 30.3 Å². The highest BCUT2D eigenvalue weighted by Crippen LogP contribution is 2.17. The second-order valence-corrected chi connectivity index (χ2v) is 7.40. The number of carbonyl (C=O) groups is 3. The highest BCUT2D eigenvalue weighted by molar-refractivity contribution is 5.85. The fraction of sp³-hybridized carbons (Fsp3) is 0.526. The molecule has 1 aromatic rings. The topological polar surface area (TPSA) is 105 Å². The third-order valence-corrected chi connectivity index (χ3v) is 3.93. The van der Waals surface area contributed by atoms with Crippen molar-refractivity contribution >= 4 is 18.0 Å². The van der Waals surface area contributed by atoms with Gasteiger partial charge in [-0.3, -0.25) is 4.79 Å². The lowest BCUT2D eigenvalue weighted by atomic mass is 10.2. The van der Waals surface area contributed by atoms with Crippen LogP contribution in [0.4, 0.5) is 4.79 Å². The van der Waals surface area contributed by atoms with Gasteiger partial charge in [-0.2, -0.15) is 0 Å². The van der Waals surface area contributed by atoms with E-state index in [0.29, 0.717) is 19.6 Å². The average Bonchev–Trinajstić information content (AvgIpc) is 2.91. The molecule has 1 fully saturated rings. The normalized spacial score (nSPS) is 18.3. The van der Waals surface area contributed by atoms with Crippen LogP contribution in [0.2, 0.25) is 0 Å². The van der Waals surface area contributed by atoms with E-state index in [0.717, 1.165) is 5.56 Å². The maximum absolute atomic E-state index is 12.5. The summed E-state index contributed by atoms with van der Waals surface area (Å²) in [7, 11) is 0. The highest BCUT2D eigenvalue weighted by Gasteiger charge is 2.36. The van der Waals surface area contributed by atoms with Gasteiger partial charge < -0.3 is 24.8 Å². The zero-order valence-corrected chi connectivity index (χ0v) is 15.8. The largest absolute Gasteiger partial charge is 0.480 e. The number of hydrogen-bond donors (Lipinski definition) is 2. The van der Waals surface area contributed by atoms with Gasteiger partial charge in [0.05, 0.1) is 13.2 Å². The number of ether oxygens (including phenoxy) is 2. The molecule has 1 saturated heterocycles. The smallest absolute Gasteiger partial charge is 0.408 e. The quantitative estimate of drug-likeness (QED) is 0.749. The van der Waals surface area contributed by atoms with E-state index in [1.165, 1.54) is 4.90 Å². The molecular formula is C19H26N2O6. The summed E-state index contributed by atoms with van der Waals surface area (Å²) in [4.78, 5) is 37.1. The molecule has 1 aliphatic heterocycles. The van der Waals surface area contributed by atoms with Gasteiger partial charge >= 0.3 is 12.1 Å². The van der Waals surface area contributed by atoms with Gasteiger partial charge in [0.2, 0.25) is 0 Å². The van der Waals surface area contributed by atoms with Crippen molar-refractivity contribution in [1.29, 1.82) is 0 Å². The first kappa shape index (κ1) is 20.7. The summed E-state index contributed by atoms with van der Waals surface area (Å²) in [5.41, 5.74) is 0.214. The van der Waals surface area contributed by atoms with Gasteiger partial charge in [-0.1, -0.05) is 30.3 Å². The summed E-state index contributed by atoms with van der Waals surface area (Å²) in [5.74, 6) is -1.51. The Balaban J connectivity index is 1.88. The lowest BCUT2D eigenvalue weighted by Gasteiger charge is -2.24. The summed E-state index contributed by atoms with van der Waals surface area (Å²) in [5, 5.41) is 11.6. The molecule has 1 unspecified atom stereocenters. The average molecular weight is 378 g/mol. The molecule has 148 valence electrons. The van der Waals surface area contributed by atoms with Crippen molar-refractivity contribution in [2.75, 3.05) is 13.1 Å². The molecule has 8 nitrogen and oxygen atoms in total. The minimum Gasteiger partial charge on any atom is -0.480 e. The molecule has 0 aliphatic carbocycles. The summed E-state index contributed by atoms with van der Waals surface area (Å²) in [6.07, 6.45) is -0.968. The van der Waals surface area contributed by atoms with Gasteiger partial charge in [0, 0.05) is 13.0 Å². The highest BCUT2D eigenvalue weighted by atomic mass is 16.6. The Morgan fingerprint density at radius 1 is 1.30 bits per heavy atom. The number of likely N-dealkylation sites (tertiary alicyclic amines) is 1. The van der Waals surface area contributed by atoms with Crippen LogP contribution < -0.4 is 5.32 Å². The maximum atomic E-state index is 12.5. The first-order valence-corrected chi connectivity index (χ1v) is 8.82. The molecule has 2 amide bonds. The molecule has 0 radical (unpaired) electrons. The van der Waals surface area contributed by atoms with E-state index in [2.05, 4.69) is 5.32 Å². The third kappa shape index (κ3) is 6.56. The summed E-state index contributed by atoms with van der Waals surface area (Å²) in [6.45, 7) is 5.59. The second kappa shape index (κ2) is 8.85. The molecule has 0 aromatic heterocycles. The summed E-state index contributed by atoms with van der Waals surface area (Å²) < 4.78 is 10.7. The Morgan fingerprint density at radius 3 is 2.56 bits per heavy atom. The molecular weight excluding hydrogens is 352 g/mol. The first-order chi connectivity index (χ1) is 12.7. The van der Waals surface area contributed by atoms with Crippen molar-refractivity contribution in [3.05, 3.63) is 35.9 Å². The number of rotatable bonds is 7. The van der Waals surface area contributed by atoms with Crippen LogP contribution in [-0.4, -0.2) is 58.8 Å². The lowest BCUT2D eigenvalue weighted by molar-refractivity contribution is -0.142. The van der Waals surface area contributed by atoms with E-state index in [9.17, 15) is 19.5 Å². The van der Waals surface area contributed by atoms with Crippen molar-refractivity contribution in [2.24, 2.45) is 0 Å². The summed E-state index contributed by atoms with van der Waals surface area (Å²) >= 11 is 0. The van der Waals surface area contributed by atoms with E-state index in [-0.39, 0.29) is 12.5 Å². The fourth-order valence-corrected chi connectivity index (χ4v) is 2.67. The first-order valence-electron chi connectivity index (χ1n) is 8.82. The number of carboxylic acid groups (broad SMARTS) is 1. The van der Waals surface area contributed by atoms with E-state index in [1.54, 1.807) is 20.8 Å². The van der Waals surface area contributed by atoms with Crippen LogP contribution in [0.3, 0.4) is 0 Å². The molecule has 8 heteroatoms. The van der Waals surface area contributed by atoms with Gasteiger partial charge in [0.1, 0.15) is 17.7 Å². The maximum Gasteiger partial charge on any atom is 0.408 e. The summed E-state index contributed by atoms with van der Waals surface area (Å²) in [6, 6.07) is 8.24. The number of nitrogens with one attached hydrogen (secondary N) is 1. The number of amides is 2.